The Morgan fingerprint density at radius 3 is 2.56 bits per heavy atom. The topological polar surface area (TPSA) is 104 Å². The number of para-hydroxylation sites is 2. The minimum atomic E-state index is -0.972. The number of rotatable bonds is 7. The molecular formula is C12H17N3O3. The molecule has 98 valence electrons. The Labute approximate surface area is 105 Å². The van der Waals surface area contributed by atoms with Crippen LogP contribution in [-0.4, -0.2) is 30.1 Å². The summed E-state index contributed by atoms with van der Waals surface area (Å²) in [6.07, 6.45) is -0.145. The van der Waals surface area contributed by atoms with Gasteiger partial charge < -0.3 is 21.5 Å². The third-order valence-electron chi connectivity index (χ3n) is 2.29. The van der Waals surface area contributed by atoms with E-state index in [4.69, 9.17) is 10.8 Å². The van der Waals surface area contributed by atoms with E-state index in [0.29, 0.717) is 18.8 Å². The highest BCUT2D eigenvalue weighted by Crippen LogP contribution is 2.15. The average molecular weight is 251 g/mol. The van der Waals surface area contributed by atoms with Crippen LogP contribution < -0.4 is 16.4 Å². The van der Waals surface area contributed by atoms with E-state index in [9.17, 15) is 9.59 Å². The van der Waals surface area contributed by atoms with Gasteiger partial charge in [-0.1, -0.05) is 12.1 Å². The van der Waals surface area contributed by atoms with Gasteiger partial charge in [0.1, 0.15) is 0 Å². The fourth-order valence-corrected chi connectivity index (χ4v) is 1.37. The summed E-state index contributed by atoms with van der Waals surface area (Å²) in [7, 11) is 0. The molecule has 6 nitrogen and oxygen atoms in total. The second-order valence-electron chi connectivity index (χ2n) is 3.76. The predicted octanol–water partition coefficient (Wildman–Crippen LogP) is 0.662. The molecule has 0 fully saturated rings. The van der Waals surface area contributed by atoms with Gasteiger partial charge in [-0.05, 0) is 12.1 Å². The Morgan fingerprint density at radius 2 is 1.89 bits per heavy atom. The Kier molecular flexibility index (Phi) is 5.50. The van der Waals surface area contributed by atoms with Crippen molar-refractivity contribution >= 4 is 23.3 Å². The van der Waals surface area contributed by atoms with Crippen LogP contribution in [0, 0.1) is 0 Å². The van der Waals surface area contributed by atoms with Gasteiger partial charge in [0.15, 0.2) is 0 Å². The molecule has 0 spiro atoms. The molecule has 0 heterocycles. The quantitative estimate of drug-likeness (QED) is 0.421. The van der Waals surface area contributed by atoms with Crippen molar-refractivity contribution < 1.29 is 14.7 Å². The maximum absolute atomic E-state index is 11.2. The van der Waals surface area contributed by atoms with Crippen molar-refractivity contribution in [3.8, 4) is 0 Å². The van der Waals surface area contributed by atoms with Crippen LogP contribution in [0.4, 0.5) is 11.4 Å². The molecule has 0 atom stereocenters. The van der Waals surface area contributed by atoms with Crippen LogP contribution in [0.1, 0.15) is 12.8 Å². The van der Waals surface area contributed by atoms with E-state index in [0.717, 1.165) is 5.69 Å². The first kappa shape index (κ1) is 13.8. The van der Waals surface area contributed by atoms with Gasteiger partial charge in [0, 0.05) is 19.5 Å². The number of aliphatic carboxylic acids is 1. The van der Waals surface area contributed by atoms with Crippen LogP contribution in [0.3, 0.4) is 0 Å². The second-order valence-corrected chi connectivity index (χ2v) is 3.76. The van der Waals surface area contributed by atoms with Crippen molar-refractivity contribution in [1.29, 1.82) is 0 Å². The Hall–Kier alpha value is -2.24. The lowest BCUT2D eigenvalue weighted by atomic mass is 10.2. The van der Waals surface area contributed by atoms with Crippen molar-refractivity contribution in [1.82, 2.24) is 5.32 Å². The van der Waals surface area contributed by atoms with Gasteiger partial charge in [-0.2, -0.15) is 0 Å². The number of carbonyl (C=O) groups excluding carboxylic acids is 1. The van der Waals surface area contributed by atoms with Crippen LogP contribution >= 0.6 is 0 Å². The molecule has 0 aliphatic heterocycles. The number of hydrogen-bond acceptors (Lipinski definition) is 4. The Morgan fingerprint density at radius 1 is 1.17 bits per heavy atom. The zero-order valence-corrected chi connectivity index (χ0v) is 9.98. The van der Waals surface area contributed by atoms with E-state index >= 15 is 0 Å². The highest BCUT2D eigenvalue weighted by Gasteiger charge is 2.04. The lowest BCUT2D eigenvalue weighted by Crippen LogP contribution is -2.29. The zero-order valence-electron chi connectivity index (χ0n) is 9.98. The molecule has 1 aromatic rings. The molecule has 0 aliphatic carbocycles. The Bertz CT molecular complexity index is 421. The summed E-state index contributed by atoms with van der Waals surface area (Å²) in [6.45, 7) is 0.958. The monoisotopic (exact) mass is 251 g/mol. The molecule has 0 saturated carbocycles. The van der Waals surface area contributed by atoms with Gasteiger partial charge in [0.05, 0.1) is 17.8 Å². The number of carboxylic acids is 1. The molecule has 18 heavy (non-hydrogen) atoms. The maximum Gasteiger partial charge on any atom is 0.303 e. The highest BCUT2D eigenvalue weighted by atomic mass is 16.4. The molecule has 0 bridgehead atoms. The summed E-state index contributed by atoms with van der Waals surface area (Å²) < 4.78 is 0. The number of nitrogens with two attached hydrogens (primary N) is 1. The van der Waals surface area contributed by atoms with Crippen molar-refractivity contribution in [2.75, 3.05) is 24.1 Å². The Balaban J connectivity index is 2.17. The largest absolute Gasteiger partial charge is 0.481 e. The smallest absolute Gasteiger partial charge is 0.303 e. The molecule has 0 aliphatic rings. The van der Waals surface area contributed by atoms with Crippen LogP contribution in [0.25, 0.3) is 0 Å². The summed E-state index contributed by atoms with van der Waals surface area (Å²) in [4.78, 5) is 21.4. The highest BCUT2D eigenvalue weighted by molar-refractivity contribution is 5.80. The number of carboxylic acid groups (broad SMARTS) is 1. The standard InChI is InChI=1S/C12H17N3O3/c13-9-3-1-2-4-10(9)14-7-8-15-11(16)5-6-12(17)18/h1-4,14H,5-8,13H2,(H,15,16)(H,17,18). The summed E-state index contributed by atoms with van der Waals surface area (Å²) in [6, 6.07) is 7.34. The average Bonchev–Trinajstić information content (AvgIpc) is 2.34. The van der Waals surface area contributed by atoms with Crippen molar-refractivity contribution in [3.05, 3.63) is 24.3 Å². The van der Waals surface area contributed by atoms with Gasteiger partial charge in [-0.3, -0.25) is 9.59 Å². The molecule has 0 radical (unpaired) electrons. The summed E-state index contributed by atoms with van der Waals surface area (Å²) in [5.41, 5.74) is 7.19. The SMILES string of the molecule is Nc1ccccc1NCCNC(=O)CCC(=O)O. The van der Waals surface area contributed by atoms with Gasteiger partial charge >= 0.3 is 5.97 Å². The molecule has 6 heteroatoms. The third-order valence-corrected chi connectivity index (χ3v) is 2.29. The molecule has 0 saturated heterocycles. The van der Waals surface area contributed by atoms with E-state index in [2.05, 4.69) is 10.6 Å². The first-order valence-electron chi connectivity index (χ1n) is 5.66. The third kappa shape index (κ3) is 5.20. The minimum absolute atomic E-state index is 0.00279. The van der Waals surface area contributed by atoms with Crippen LogP contribution in [0.2, 0.25) is 0 Å². The molecular weight excluding hydrogens is 234 g/mol. The van der Waals surface area contributed by atoms with Crippen molar-refractivity contribution in [3.63, 3.8) is 0 Å². The first-order valence-corrected chi connectivity index (χ1v) is 5.66. The van der Waals surface area contributed by atoms with Gasteiger partial charge in [0.2, 0.25) is 5.91 Å². The van der Waals surface area contributed by atoms with Crippen LogP contribution in [-0.2, 0) is 9.59 Å². The van der Waals surface area contributed by atoms with Gasteiger partial charge in [0.25, 0.3) is 0 Å². The van der Waals surface area contributed by atoms with E-state index < -0.39 is 5.97 Å². The zero-order chi connectivity index (χ0) is 13.4. The number of anilines is 2. The molecule has 0 aromatic heterocycles. The fourth-order valence-electron chi connectivity index (χ4n) is 1.37. The van der Waals surface area contributed by atoms with Gasteiger partial charge in [-0.15, -0.1) is 0 Å². The molecule has 0 unspecified atom stereocenters. The van der Waals surface area contributed by atoms with Gasteiger partial charge in [-0.25, -0.2) is 0 Å². The normalized spacial score (nSPS) is 9.78. The second kappa shape index (κ2) is 7.16. The maximum atomic E-state index is 11.2. The van der Waals surface area contributed by atoms with E-state index in [1.165, 1.54) is 0 Å². The minimum Gasteiger partial charge on any atom is -0.481 e. The van der Waals surface area contributed by atoms with E-state index in [1.54, 1.807) is 6.07 Å². The molecule has 1 amide bonds. The van der Waals surface area contributed by atoms with E-state index in [1.807, 2.05) is 18.2 Å². The summed E-state index contributed by atoms with van der Waals surface area (Å²) >= 11 is 0. The van der Waals surface area contributed by atoms with Crippen LogP contribution in [0.15, 0.2) is 24.3 Å². The first-order chi connectivity index (χ1) is 8.59. The molecule has 5 N–H and O–H groups in total. The number of nitrogens with one attached hydrogen (secondary N) is 2. The van der Waals surface area contributed by atoms with Crippen LogP contribution in [0.5, 0.6) is 0 Å². The fraction of sp³-hybridized carbons (Fsp3) is 0.333. The number of benzene rings is 1. The predicted molar refractivity (Wildman–Crippen MR) is 69.2 cm³/mol. The summed E-state index contributed by atoms with van der Waals surface area (Å²) in [5, 5.41) is 14.1. The van der Waals surface area contributed by atoms with Crippen molar-refractivity contribution in [2.24, 2.45) is 0 Å². The number of amides is 1. The van der Waals surface area contributed by atoms with Crippen molar-refractivity contribution in [2.45, 2.75) is 12.8 Å². The number of carbonyl (C=O) groups is 2. The number of nitrogen functional groups attached to an aromatic ring is 1. The lowest BCUT2D eigenvalue weighted by Gasteiger charge is -2.09. The molecule has 1 rings (SSSR count). The lowest BCUT2D eigenvalue weighted by molar-refractivity contribution is -0.138. The number of hydrogen-bond donors (Lipinski definition) is 4. The molecule has 1 aromatic carbocycles. The van der Waals surface area contributed by atoms with E-state index in [-0.39, 0.29) is 18.7 Å². The summed E-state index contributed by atoms with van der Waals surface area (Å²) in [5.74, 6) is -1.24.